The molecule has 0 radical (unpaired) electrons. The highest BCUT2D eigenvalue weighted by Crippen LogP contribution is 2.32. The van der Waals surface area contributed by atoms with E-state index in [2.05, 4.69) is 22.4 Å². The van der Waals surface area contributed by atoms with E-state index in [9.17, 15) is 0 Å². The minimum atomic E-state index is 0.422. The number of hydrogen-bond donors (Lipinski definition) is 1. The fraction of sp³-hybridized carbons (Fsp3) is 0.900. The van der Waals surface area contributed by atoms with Crippen LogP contribution in [0.25, 0.3) is 0 Å². The van der Waals surface area contributed by atoms with Crippen LogP contribution in [0, 0.1) is 0 Å². The lowest BCUT2D eigenvalue weighted by Crippen LogP contribution is -2.17. The third-order valence-electron chi connectivity index (χ3n) is 3.12. The zero-order valence-electron chi connectivity index (χ0n) is 9.67. The van der Waals surface area contributed by atoms with Crippen molar-refractivity contribution in [3.63, 3.8) is 0 Å². The number of hydrogen-bond acceptors (Lipinski definition) is 5. The van der Waals surface area contributed by atoms with Gasteiger partial charge >= 0.3 is 0 Å². The van der Waals surface area contributed by atoms with Gasteiger partial charge in [-0.3, -0.25) is 0 Å². The van der Waals surface area contributed by atoms with Crippen molar-refractivity contribution in [2.24, 2.45) is 5.73 Å². The lowest BCUT2D eigenvalue weighted by atomic mass is 10.3. The third kappa shape index (κ3) is 2.55. The van der Waals surface area contributed by atoms with Gasteiger partial charge in [0.2, 0.25) is 5.16 Å². The summed E-state index contributed by atoms with van der Waals surface area (Å²) < 4.78 is 2.00. The molecule has 1 saturated carbocycles. The van der Waals surface area contributed by atoms with Crippen LogP contribution in [0.1, 0.15) is 45.1 Å². The lowest BCUT2D eigenvalue weighted by Gasteiger charge is -2.14. The summed E-state index contributed by atoms with van der Waals surface area (Å²) in [7, 11) is 0. The van der Waals surface area contributed by atoms with Crippen LogP contribution < -0.4 is 5.73 Å². The molecule has 0 saturated heterocycles. The highest BCUT2D eigenvalue weighted by Gasteiger charge is 2.22. The van der Waals surface area contributed by atoms with Gasteiger partial charge in [0, 0.05) is 11.8 Å². The van der Waals surface area contributed by atoms with Gasteiger partial charge in [0.25, 0.3) is 0 Å². The molecule has 0 bridgehead atoms. The van der Waals surface area contributed by atoms with Gasteiger partial charge in [-0.15, -0.1) is 5.10 Å². The average Bonchev–Trinajstić information content (AvgIpc) is 2.95. The van der Waals surface area contributed by atoms with Crippen LogP contribution >= 0.6 is 11.8 Å². The van der Waals surface area contributed by atoms with Gasteiger partial charge in [0.05, 0.1) is 6.04 Å². The maximum Gasteiger partial charge on any atom is 0.209 e. The highest BCUT2D eigenvalue weighted by atomic mass is 32.2. The van der Waals surface area contributed by atoms with Gasteiger partial charge in [0.1, 0.15) is 0 Å². The van der Waals surface area contributed by atoms with E-state index in [1.54, 1.807) is 11.8 Å². The van der Waals surface area contributed by atoms with Crippen LogP contribution in [0.4, 0.5) is 0 Å². The van der Waals surface area contributed by atoms with Crippen LogP contribution in [0.15, 0.2) is 5.16 Å². The first-order valence-corrected chi connectivity index (χ1v) is 6.87. The standard InChI is InChI=1S/C10H19N5S/c1-2-9(7-11)16-10-12-13-14-15(10)8-5-3-4-6-8/h8-9H,2-7,11H2,1H3. The summed E-state index contributed by atoms with van der Waals surface area (Å²) in [4.78, 5) is 0. The molecule has 1 aromatic heterocycles. The number of tetrazole rings is 1. The quantitative estimate of drug-likeness (QED) is 0.793. The first kappa shape index (κ1) is 11.9. The number of nitrogens with zero attached hydrogens (tertiary/aromatic N) is 4. The molecule has 1 fully saturated rings. The summed E-state index contributed by atoms with van der Waals surface area (Å²) >= 11 is 1.71. The molecular weight excluding hydrogens is 222 g/mol. The van der Waals surface area contributed by atoms with E-state index in [1.165, 1.54) is 25.7 Å². The van der Waals surface area contributed by atoms with E-state index >= 15 is 0 Å². The Morgan fingerprint density at radius 2 is 2.25 bits per heavy atom. The van der Waals surface area contributed by atoms with Gasteiger partial charge in [-0.1, -0.05) is 31.5 Å². The lowest BCUT2D eigenvalue weighted by molar-refractivity contribution is 0.422. The summed E-state index contributed by atoms with van der Waals surface area (Å²) in [6, 6.07) is 0.507. The molecule has 2 rings (SSSR count). The maximum absolute atomic E-state index is 5.70. The zero-order valence-corrected chi connectivity index (χ0v) is 10.5. The maximum atomic E-state index is 5.70. The molecule has 0 spiro atoms. The highest BCUT2D eigenvalue weighted by molar-refractivity contribution is 7.99. The SMILES string of the molecule is CCC(CN)Sc1nnnn1C1CCCC1. The van der Waals surface area contributed by atoms with E-state index < -0.39 is 0 Å². The summed E-state index contributed by atoms with van der Waals surface area (Å²) in [5.74, 6) is 0. The second kappa shape index (κ2) is 5.63. The Bertz CT molecular complexity index is 317. The summed E-state index contributed by atoms with van der Waals surface area (Å²) in [5.41, 5.74) is 5.70. The molecule has 90 valence electrons. The van der Waals surface area contributed by atoms with Crippen molar-refractivity contribution in [2.75, 3.05) is 6.54 Å². The minimum absolute atomic E-state index is 0.422. The van der Waals surface area contributed by atoms with Gasteiger partial charge < -0.3 is 5.73 Å². The fourth-order valence-corrected chi connectivity index (χ4v) is 3.03. The summed E-state index contributed by atoms with van der Waals surface area (Å²) in [5, 5.41) is 13.4. The predicted octanol–water partition coefficient (Wildman–Crippen LogP) is 1.62. The van der Waals surface area contributed by atoms with Crippen molar-refractivity contribution < 1.29 is 0 Å². The Kier molecular flexibility index (Phi) is 4.17. The molecule has 0 aliphatic heterocycles. The first-order valence-electron chi connectivity index (χ1n) is 5.99. The second-order valence-corrected chi connectivity index (χ2v) is 5.50. The molecule has 1 heterocycles. The second-order valence-electron chi connectivity index (χ2n) is 4.23. The molecule has 6 heteroatoms. The smallest absolute Gasteiger partial charge is 0.209 e. The number of aromatic nitrogens is 4. The molecule has 1 aromatic rings. The average molecular weight is 241 g/mol. The van der Waals surface area contributed by atoms with Gasteiger partial charge in [-0.05, 0) is 29.7 Å². The van der Waals surface area contributed by atoms with Crippen molar-refractivity contribution in [1.82, 2.24) is 20.2 Å². The molecule has 0 amide bonds. The Morgan fingerprint density at radius 3 is 2.88 bits per heavy atom. The molecule has 1 aliphatic carbocycles. The first-order chi connectivity index (χ1) is 7.85. The molecule has 0 aromatic carbocycles. The summed E-state index contributed by atoms with van der Waals surface area (Å²) in [6.07, 6.45) is 6.06. The van der Waals surface area contributed by atoms with Gasteiger partial charge in [0.15, 0.2) is 0 Å². The van der Waals surface area contributed by atoms with Crippen LogP contribution in [-0.2, 0) is 0 Å². The summed E-state index contributed by atoms with van der Waals surface area (Å²) in [6.45, 7) is 2.83. The predicted molar refractivity (Wildman–Crippen MR) is 64.3 cm³/mol. The third-order valence-corrected chi connectivity index (χ3v) is 4.46. The number of thioether (sulfide) groups is 1. The van der Waals surface area contributed by atoms with Crippen LogP contribution in [0.5, 0.6) is 0 Å². The van der Waals surface area contributed by atoms with Crippen molar-refractivity contribution in [2.45, 2.75) is 55.5 Å². The molecule has 1 aliphatic rings. The normalized spacial score (nSPS) is 19.1. The van der Waals surface area contributed by atoms with Gasteiger partial charge in [-0.25, -0.2) is 4.68 Å². The molecule has 16 heavy (non-hydrogen) atoms. The van der Waals surface area contributed by atoms with Crippen molar-refractivity contribution >= 4 is 11.8 Å². The van der Waals surface area contributed by atoms with Crippen molar-refractivity contribution in [1.29, 1.82) is 0 Å². The molecular formula is C10H19N5S. The van der Waals surface area contributed by atoms with E-state index in [0.29, 0.717) is 17.8 Å². The monoisotopic (exact) mass is 241 g/mol. The Balaban J connectivity index is 2.06. The van der Waals surface area contributed by atoms with Crippen LogP contribution in [0.3, 0.4) is 0 Å². The topological polar surface area (TPSA) is 69.6 Å². The van der Waals surface area contributed by atoms with E-state index in [0.717, 1.165) is 11.6 Å². The minimum Gasteiger partial charge on any atom is -0.329 e. The zero-order chi connectivity index (χ0) is 11.4. The van der Waals surface area contributed by atoms with Crippen molar-refractivity contribution in [3.8, 4) is 0 Å². The Hall–Kier alpha value is -0.620. The molecule has 1 atom stereocenters. The Morgan fingerprint density at radius 1 is 1.50 bits per heavy atom. The Labute approximate surface area is 100 Å². The van der Waals surface area contributed by atoms with E-state index in [1.807, 2.05) is 4.68 Å². The van der Waals surface area contributed by atoms with E-state index in [-0.39, 0.29) is 0 Å². The van der Waals surface area contributed by atoms with Crippen LogP contribution in [0.2, 0.25) is 0 Å². The van der Waals surface area contributed by atoms with E-state index in [4.69, 9.17) is 5.73 Å². The fourth-order valence-electron chi connectivity index (χ4n) is 2.09. The number of nitrogens with two attached hydrogens (primary N) is 1. The van der Waals surface area contributed by atoms with Crippen LogP contribution in [-0.4, -0.2) is 32.0 Å². The largest absolute Gasteiger partial charge is 0.329 e. The molecule has 2 N–H and O–H groups in total. The van der Waals surface area contributed by atoms with Gasteiger partial charge in [-0.2, -0.15) is 0 Å². The molecule has 1 unspecified atom stereocenters. The number of rotatable bonds is 5. The molecule has 5 nitrogen and oxygen atoms in total. The van der Waals surface area contributed by atoms with Crippen molar-refractivity contribution in [3.05, 3.63) is 0 Å².